The van der Waals surface area contributed by atoms with E-state index in [2.05, 4.69) is 21.1 Å². The molecule has 0 saturated carbocycles. The molecule has 0 bridgehead atoms. The Morgan fingerprint density at radius 2 is 1.33 bits per heavy atom. The van der Waals surface area contributed by atoms with Gasteiger partial charge in [-0.3, -0.25) is 0 Å². The fourth-order valence-corrected chi connectivity index (χ4v) is 1.59. The highest BCUT2D eigenvalue weighted by Crippen LogP contribution is 2.23. The zero-order valence-corrected chi connectivity index (χ0v) is 12.8. The first kappa shape index (κ1) is 17.1. The third-order valence-corrected chi connectivity index (χ3v) is 2.86. The van der Waals surface area contributed by atoms with Crippen LogP contribution < -0.4 is 4.90 Å². The zero-order chi connectivity index (χ0) is 14.6. The van der Waals surface area contributed by atoms with Crippen LogP contribution in [0, 0.1) is 0 Å². The predicted octanol–water partition coefficient (Wildman–Crippen LogP) is 0.649. The molecule has 1 N–H and O–H groups in total. The van der Waals surface area contributed by atoms with Crippen LogP contribution in [-0.4, -0.2) is 34.1 Å². The van der Waals surface area contributed by atoms with Crippen molar-refractivity contribution in [1.82, 2.24) is 0 Å². The van der Waals surface area contributed by atoms with Crippen molar-refractivity contribution >= 4 is 10.1 Å². The molecule has 1 rings (SSSR count). The monoisotopic (exact) mass is 273 g/mol. The lowest BCUT2D eigenvalue weighted by Crippen LogP contribution is -3.02. The number of hydrogen-bond donors (Lipinski definition) is 1. The summed E-state index contributed by atoms with van der Waals surface area (Å²) >= 11 is 0. The fourth-order valence-electron chi connectivity index (χ4n) is 1.12. The quantitative estimate of drug-likeness (QED) is 0.764. The van der Waals surface area contributed by atoms with E-state index in [-0.39, 0.29) is 10.3 Å². The van der Waals surface area contributed by atoms with Crippen LogP contribution in [0.25, 0.3) is 0 Å². The Balaban J connectivity index is 0.000000631. The van der Waals surface area contributed by atoms with Gasteiger partial charge in [-0.2, -0.15) is 0 Å². The summed E-state index contributed by atoms with van der Waals surface area (Å²) in [7, 11) is 1.93. The van der Waals surface area contributed by atoms with Gasteiger partial charge in [-0.25, -0.2) is 8.42 Å². The van der Waals surface area contributed by atoms with Gasteiger partial charge in [0.05, 0.1) is 26.0 Å². The standard InChI is InChI=1S/C10H14O3S.C3H9N/c1-10(2,3)8-4-6-9(7-5-8)14(11,12)13;1-4(2)3/h4-7H,1-3H3,(H,11,12,13);1-3H3. The van der Waals surface area contributed by atoms with Gasteiger partial charge >= 0.3 is 0 Å². The smallest absolute Gasteiger partial charge is 0.124 e. The van der Waals surface area contributed by atoms with E-state index in [0.29, 0.717) is 0 Å². The zero-order valence-electron chi connectivity index (χ0n) is 11.9. The molecule has 1 aromatic rings. The molecule has 0 spiro atoms. The Morgan fingerprint density at radius 1 is 1.00 bits per heavy atom. The molecule has 0 aromatic heterocycles. The van der Waals surface area contributed by atoms with Crippen molar-refractivity contribution in [3.8, 4) is 0 Å². The van der Waals surface area contributed by atoms with Crippen molar-refractivity contribution in [3.63, 3.8) is 0 Å². The van der Waals surface area contributed by atoms with Crippen LogP contribution >= 0.6 is 0 Å². The Morgan fingerprint density at radius 3 is 1.56 bits per heavy atom. The largest absolute Gasteiger partial charge is 0.744 e. The Kier molecular flexibility index (Phi) is 5.99. The van der Waals surface area contributed by atoms with Crippen molar-refractivity contribution in [2.24, 2.45) is 0 Å². The summed E-state index contributed by atoms with van der Waals surface area (Å²) in [6, 6.07) is 6.04. The lowest BCUT2D eigenvalue weighted by Gasteiger charge is -2.19. The molecule has 0 aliphatic carbocycles. The van der Waals surface area contributed by atoms with Gasteiger partial charge in [-0.1, -0.05) is 32.9 Å². The molecule has 0 aliphatic heterocycles. The van der Waals surface area contributed by atoms with Crippen LogP contribution in [0.4, 0.5) is 0 Å². The van der Waals surface area contributed by atoms with E-state index in [0.717, 1.165) is 5.56 Å². The van der Waals surface area contributed by atoms with Gasteiger partial charge in [0, 0.05) is 0 Å². The minimum Gasteiger partial charge on any atom is -0.744 e. The first-order chi connectivity index (χ1) is 7.94. The van der Waals surface area contributed by atoms with Crippen molar-refractivity contribution in [3.05, 3.63) is 29.8 Å². The molecule has 4 nitrogen and oxygen atoms in total. The number of benzene rings is 1. The maximum Gasteiger partial charge on any atom is 0.124 e. The van der Waals surface area contributed by atoms with Crippen LogP contribution in [0.2, 0.25) is 0 Å². The van der Waals surface area contributed by atoms with Gasteiger partial charge in [-0.15, -0.1) is 0 Å². The second kappa shape index (κ2) is 6.31. The van der Waals surface area contributed by atoms with Gasteiger partial charge in [0.25, 0.3) is 0 Å². The molecule has 5 heteroatoms. The number of hydrogen-bond acceptors (Lipinski definition) is 3. The summed E-state index contributed by atoms with van der Waals surface area (Å²) in [6.07, 6.45) is 0. The second-order valence-electron chi connectivity index (χ2n) is 5.73. The molecule has 0 fully saturated rings. The Hall–Kier alpha value is -0.910. The molecule has 0 unspecified atom stereocenters. The van der Waals surface area contributed by atoms with Crippen LogP contribution in [0.5, 0.6) is 0 Å². The lowest BCUT2D eigenvalue weighted by atomic mass is 9.87. The van der Waals surface area contributed by atoms with Crippen molar-refractivity contribution in [2.75, 3.05) is 21.1 Å². The molecule has 18 heavy (non-hydrogen) atoms. The first-order valence-corrected chi connectivity index (χ1v) is 7.18. The minimum atomic E-state index is -4.32. The number of rotatable bonds is 1. The SMILES string of the molecule is CC(C)(C)c1ccc(S(=O)(=O)[O-])cc1.C[NH+](C)C. The van der Waals surface area contributed by atoms with Crippen molar-refractivity contribution in [1.29, 1.82) is 0 Å². The third-order valence-electron chi connectivity index (χ3n) is 2.01. The van der Waals surface area contributed by atoms with Gasteiger partial charge in [0.15, 0.2) is 0 Å². The van der Waals surface area contributed by atoms with Gasteiger partial charge in [0.2, 0.25) is 0 Å². The highest BCUT2D eigenvalue weighted by atomic mass is 32.2. The average molecular weight is 273 g/mol. The van der Waals surface area contributed by atoms with Crippen molar-refractivity contribution < 1.29 is 17.9 Å². The van der Waals surface area contributed by atoms with E-state index in [1.807, 2.05) is 20.8 Å². The van der Waals surface area contributed by atoms with E-state index in [1.54, 1.807) is 12.1 Å². The van der Waals surface area contributed by atoms with Crippen LogP contribution in [-0.2, 0) is 15.5 Å². The summed E-state index contributed by atoms with van der Waals surface area (Å²) in [5.74, 6) is 0. The first-order valence-electron chi connectivity index (χ1n) is 5.78. The molecule has 0 aliphatic rings. The molecule has 0 radical (unpaired) electrons. The third kappa shape index (κ3) is 6.74. The molecule has 0 atom stereocenters. The lowest BCUT2D eigenvalue weighted by molar-refractivity contribution is -0.836. The summed E-state index contributed by atoms with van der Waals surface area (Å²) in [6.45, 7) is 6.06. The van der Waals surface area contributed by atoms with E-state index in [9.17, 15) is 13.0 Å². The highest BCUT2D eigenvalue weighted by molar-refractivity contribution is 7.85. The van der Waals surface area contributed by atoms with E-state index < -0.39 is 10.1 Å². The predicted molar refractivity (Wildman–Crippen MR) is 71.8 cm³/mol. The summed E-state index contributed by atoms with van der Waals surface area (Å²) in [5.41, 5.74) is 0.968. The van der Waals surface area contributed by atoms with Gasteiger partial charge < -0.3 is 9.45 Å². The highest BCUT2D eigenvalue weighted by Gasteiger charge is 2.13. The summed E-state index contributed by atoms with van der Waals surface area (Å²) < 4.78 is 31.9. The number of quaternary nitrogens is 1. The normalized spacial score (nSPS) is 12.0. The molecule has 0 heterocycles. The molecule has 104 valence electrons. The van der Waals surface area contributed by atoms with E-state index >= 15 is 0 Å². The Labute approximate surface area is 110 Å². The maximum atomic E-state index is 10.6. The number of nitrogens with one attached hydrogen (secondary N) is 1. The van der Waals surface area contributed by atoms with Crippen molar-refractivity contribution in [2.45, 2.75) is 31.1 Å². The topological polar surface area (TPSA) is 61.6 Å². The Bertz CT molecular complexity index is 453. The molecular weight excluding hydrogens is 250 g/mol. The van der Waals surface area contributed by atoms with Crippen LogP contribution in [0.1, 0.15) is 26.3 Å². The van der Waals surface area contributed by atoms with Crippen LogP contribution in [0.15, 0.2) is 29.2 Å². The molecule has 1 aromatic carbocycles. The van der Waals surface area contributed by atoms with E-state index in [1.165, 1.54) is 17.0 Å². The van der Waals surface area contributed by atoms with Crippen LogP contribution in [0.3, 0.4) is 0 Å². The maximum absolute atomic E-state index is 10.6. The summed E-state index contributed by atoms with van der Waals surface area (Å²) in [4.78, 5) is 1.24. The van der Waals surface area contributed by atoms with E-state index in [4.69, 9.17) is 0 Å². The van der Waals surface area contributed by atoms with Gasteiger partial charge in [0.1, 0.15) is 10.1 Å². The molecular formula is C13H23NO3S. The second-order valence-corrected chi connectivity index (χ2v) is 7.11. The minimum absolute atomic E-state index is 0.0365. The molecule has 0 saturated heterocycles. The fraction of sp³-hybridized carbons (Fsp3) is 0.538. The average Bonchev–Trinajstić information content (AvgIpc) is 2.14. The molecule has 0 amide bonds. The van der Waals surface area contributed by atoms with Gasteiger partial charge in [-0.05, 0) is 23.1 Å². The summed E-state index contributed by atoms with van der Waals surface area (Å²) in [5, 5.41) is 0.